The first kappa shape index (κ1) is 21.1. The highest BCUT2D eigenvalue weighted by molar-refractivity contribution is 5.80. The van der Waals surface area contributed by atoms with Crippen molar-refractivity contribution in [3.63, 3.8) is 0 Å². The van der Waals surface area contributed by atoms with Gasteiger partial charge in [-0.15, -0.1) is 0 Å². The zero-order valence-corrected chi connectivity index (χ0v) is 15.5. The molecule has 1 aliphatic rings. The first-order chi connectivity index (χ1) is 11.6. The Morgan fingerprint density at radius 3 is 2.33 bits per heavy atom. The van der Waals surface area contributed by atoms with Crippen molar-refractivity contribution >= 4 is 11.8 Å². The number of unbranched alkanes of at least 4 members (excludes halogenated alkanes) is 8. The quantitative estimate of drug-likeness (QED) is 0.353. The van der Waals surface area contributed by atoms with E-state index in [1.165, 1.54) is 44.9 Å². The third-order valence-electron chi connectivity index (χ3n) is 5.06. The molecule has 1 heterocycles. The van der Waals surface area contributed by atoms with Gasteiger partial charge in [0, 0.05) is 13.0 Å². The number of amidine groups is 1. The molecule has 0 bridgehead atoms. The molecule has 5 nitrogen and oxygen atoms in total. The molecule has 24 heavy (non-hydrogen) atoms. The number of aliphatic imine (C=N–C) groups is 1. The highest BCUT2D eigenvalue weighted by Crippen LogP contribution is 2.21. The number of carbonyl (C=O) groups is 1. The standard InChI is InChI=1S/C19H36N2O3/c1-2-3-4-5-6-7-8-9-12-18-20-13-15-21(18,17-19(23)24)14-10-11-16-22/h22H,2-17H2,1H3/p+1. The highest BCUT2D eigenvalue weighted by Gasteiger charge is 2.39. The van der Waals surface area contributed by atoms with Crippen LogP contribution in [0.25, 0.3) is 0 Å². The Labute approximate surface area is 147 Å². The Kier molecular flexibility index (Phi) is 10.9. The topological polar surface area (TPSA) is 69.9 Å². The normalized spacial score (nSPS) is 20.3. The Balaban J connectivity index is 2.35. The SMILES string of the molecule is CCCCCCCCCCC1=NCC[N+]1(CCCCO)CC(=O)O. The van der Waals surface area contributed by atoms with E-state index < -0.39 is 5.97 Å². The van der Waals surface area contributed by atoms with E-state index in [9.17, 15) is 9.90 Å². The second kappa shape index (κ2) is 12.4. The van der Waals surface area contributed by atoms with Gasteiger partial charge >= 0.3 is 5.97 Å². The molecule has 0 aromatic heterocycles. The van der Waals surface area contributed by atoms with Crippen molar-refractivity contribution in [3.05, 3.63) is 0 Å². The number of rotatable bonds is 15. The monoisotopic (exact) mass is 341 g/mol. The van der Waals surface area contributed by atoms with E-state index in [1.54, 1.807) is 0 Å². The lowest BCUT2D eigenvalue weighted by Crippen LogP contribution is -2.54. The number of nitrogens with zero attached hydrogens (tertiary/aromatic N) is 2. The predicted octanol–water partition coefficient (Wildman–Crippen LogP) is 3.60. The molecule has 0 aromatic rings. The van der Waals surface area contributed by atoms with Crippen LogP contribution in [0.15, 0.2) is 4.99 Å². The summed E-state index contributed by atoms with van der Waals surface area (Å²) in [4.78, 5) is 16.0. The summed E-state index contributed by atoms with van der Waals surface area (Å²) in [5, 5.41) is 18.3. The molecule has 0 aliphatic carbocycles. The van der Waals surface area contributed by atoms with Crippen molar-refractivity contribution in [1.29, 1.82) is 0 Å². The minimum absolute atomic E-state index is 0.140. The summed E-state index contributed by atoms with van der Waals surface area (Å²) in [5.41, 5.74) is 0. The average Bonchev–Trinajstić information content (AvgIpc) is 2.92. The van der Waals surface area contributed by atoms with E-state index in [2.05, 4.69) is 11.9 Å². The van der Waals surface area contributed by atoms with Crippen LogP contribution in [-0.2, 0) is 4.79 Å². The molecular weight excluding hydrogens is 304 g/mol. The third-order valence-corrected chi connectivity index (χ3v) is 5.06. The Hall–Kier alpha value is -0.940. The molecule has 1 unspecified atom stereocenters. The van der Waals surface area contributed by atoms with Gasteiger partial charge in [0.25, 0.3) is 0 Å². The fraction of sp³-hybridized carbons (Fsp3) is 0.895. The van der Waals surface area contributed by atoms with E-state index in [4.69, 9.17) is 5.11 Å². The van der Waals surface area contributed by atoms with Crippen LogP contribution >= 0.6 is 0 Å². The van der Waals surface area contributed by atoms with Crippen molar-refractivity contribution in [2.45, 2.75) is 77.6 Å². The van der Waals surface area contributed by atoms with Crippen LogP contribution in [0.1, 0.15) is 77.6 Å². The van der Waals surface area contributed by atoms with Gasteiger partial charge in [-0.05, 0) is 19.3 Å². The third kappa shape index (κ3) is 7.75. The van der Waals surface area contributed by atoms with Gasteiger partial charge in [0.15, 0.2) is 12.4 Å². The average molecular weight is 342 g/mol. The first-order valence-corrected chi connectivity index (χ1v) is 9.87. The maximum absolute atomic E-state index is 11.3. The molecule has 5 heteroatoms. The van der Waals surface area contributed by atoms with E-state index in [0.29, 0.717) is 4.48 Å². The molecule has 140 valence electrons. The molecule has 0 radical (unpaired) electrons. The summed E-state index contributed by atoms with van der Waals surface area (Å²) < 4.78 is 0.520. The molecule has 2 N–H and O–H groups in total. The van der Waals surface area contributed by atoms with Crippen LogP contribution in [0.4, 0.5) is 0 Å². The number of hydrogen-bond donors (Lipinski definition) is 2. The fourth-order valence-corrected chi connectivity index (χ4v) is 3.66. The van der Waals surface area contributed by atoms with Crippen molar-refractivity contribution in [2.75, 3.05) is 32.8 Å². The number of hydrogen-bond acceptors (Lipinski definition) is 3. The summed E-state index contributed by atoms with van der Waals surface area (Å²) in [6.07, 6.45) is 12.8. The van der Waals surface area contributed by atoms with Crippen molar-refractivity contribution in [3.8, 4) is 0 Å². The minimum atomic E-state index is -0.746. The largest absolute Gasteiger partial charge is 0.477 e. The molecule has 1 rings (SSSR count). The van der Waals surface area contributed by atoms with Gasteiger partial charge in [-0.25, -0.2) is 9.79 Å². The summed E-state index contributed by atoms with van der Waals surface area (Å²) in [7, 11) is 0. The zero-order chi connectivity index (χ0) is 17.7. The van der Waals surface area contributed by atoms with Gasteiger partial charge in [-0.1, -0.05) is 51.9 Å². The number of carboxylic acid groups (broad SMARTS) is 1. The first-order valence-electron chi connectivity index (χ1n) is 9.87. The molecule has 0 saturated carbocycles. The van der Waals surface area contributed by atoms with Crippen molar-refractivity contribution < 1.29 is 19.5 Å². The molecule has 0 saturated heterocycles. The Morgan fingerprint density at radius 2 is 1.71 bits per heavy atom. The number of aliphatic hydroxyl groups excluding tert-OH is 1. The summed E-state index contributed by atoms with van der Waals surface area (Å²) >= 11 is 0. The predicted molar refractivity (Wildman–Crippen MR) is 98.3 cm³/mol. The van der Waals surface area contributed by atoms with Crippen LogP contribution in [0.3, 0.4) is 0 Å². The molecule has 0 aromatic carbocycles. The van der Waals surface area contributed by atoms with Gasteiger partial charge in [0.1, 0.15) is 6.54 Å². The molecule has 0 fully saturated rings. The van der Waals surface area contributed by atoms with Gasteiger partial charge in [0.05, 0.1) is 13.1 Å². The second-order valence-electron chi connectivity index (χ2n) is 7.10. The smallest absolute Gasteiger partial charge is 0.359 e. The zero-order valence-electron chi connectivity index (χ0n) is 15.5. The lowest BCUT2D eigenvalue weighted by Gasteiger charge is -2.33. The van der Waals surface area contributed by atoms with Crippen LogP contribution < -0.4 is 0 Å². The molecule has 0 amide bonds. The Bertz CT molecular complexity index is 385. The van der Waals surface area contributed by atoms with Crippen LogP contribution in [0.2, 0.25) is 0 Å². The summed E-state index contributed by atoms with van der Waals surface area (Å²) in [6, 6.07) is 0. The van der Waals surface area contributed by atoms with Gasteiger partial charge in [-0.3, -0.25) is 4.48 Å². The van der Waals surface area contributed by atoms with Gasteiger partial charge < -0.3 is 10.2 Å². The summed E-state index contributed by atoms with van der Waals surface area (Å²) in [5.74, 6) is 0.339. The maximum Gasteiger partial charge on any atom is 0.359 e. The molecule has 0 spiro atoms. The van der Waals surface area contributed by atoms with E-state index in [0.717, 1.165) is 51.2 Å². The maximum atomic E-state index is 11.3. The molecular formula is C19H37N2O3+. The van der Waals surface area contributed by atoms with Crippen LogP contribution in [0.5, 0.6) is 0 Å². The lowest BCUT2D eigenvalue weighted by molar-refractivity contribution is -0.829. The van der Waals surface area contributed by atoms with Gasteiger partial charge in [0.2, 0.25) is 0 Å². The second-order valence-corrected chi connectivity index (χ2v) is 7.10. The van der Waals surface area contributed by atoms with Crippen LogP contribution in [-0.4, -0.2) is 59.3 Å². The summed E-state index contributed by atoms with van der Waals surface area (Å²) in [6.45, 7) is 4.91. The van der Waals surface area contributed by atoms with E-state index in [1.807, 2.05) is 0 Å². The number of aliphatic carboxylic acids is 1. The minimum Gasteiger partial charge on any atom is -0.477 e. The molecule has 1 atom stereocenters. The van der Waals surface area contributed by atoms with E-state index >= 15 is 0 Å². The van der Waals surface area contributed by atoms with E-state index in [-0.39, 0.29) is 13.2 Å². The lowest BCUT2D eigenvalue weighted by atomic mass is 10.1. The molecule has 1 aliphatic heterocycles. The fourth-order valence-electron chi connectivity index (χ4n) is 3.66. The number of quaternary nitrogens is 1. The van der Waals surface area contributed by atoms with Gasteiger partial charge in [-0.2, -0.15) is 0 Å². The van der Waals surface area contributed by atoms with Crippen molar-refractivity contribution in [2.24, 2.45) is 4.99 Å². The number of carboxylic acids is 1. The highest BCUT2D eigenvalue weighted by atomic mass is 16.4. The Morgan fingerprint density at radius 1 is 1.04 bits per heavy atom. The number of aliphatic hydroxyl groups is 1. The van der Waals surface area contributed by atoms with Crippen molar-refractivity contribution in [1.82, 2.24) is 0 Å². The van der Waals surface area contributed by atoms with Crippen LogP contribution in [0, 0.1) is 0 Å².